The Morgan fingerprint density at radius 3 is 1.24 bits per heavy atom. The molecule has 2 atom stereocenters. The van der Waals surface area contributed by atoms with E-state index in [1.165, 1.54) is 24.3 Å². The summed E-state index contributed by atoms with van der Waals surface area (Å²) in [6.07, 6.45) is 12.3. The van der Waals surface area contributed by atoms with Crippen LogP contribution in [0.2, 0.25) is 0 Å². The van der Waals surface area contributed by atoms with Gasteiger partial charge in [0.2, 0.25) is 11.8 Å². The molecule has 2 aromatic carbocycles. The van der Waals surface area contributed by atoms with Gasteiger partial charge in [0.25, 0.3) is 0 Å². The largest absolute Gasteiger partial charge is 0.393 e. The van der Waals surface area contributed by atoms with Crippen molar-refractivity contribution >= 4 is 23.2 Å². The molecule has 4 heterocycles. The van der Waals surface area contributed by atoms with E-state index in [4.69, 9.17) is 0 Å². The topological polar surface area (TPSA) is 87.6 Å². The van der Waals surface area contributed by atoms with Crippen molar-refractivity contribution in [1.82, 2.24) is 9.80 Å². The molecule has 4 aliphatic heterocycles. The second-order valence-electron chi connectivity index (χ2n) is 16.0. The van der Waals surface area contributed by atoms with E-state index >= 15 is 0 Å². The maximum Gasteiger partial charge on any atom is 0.230 e. The first-order valence-corrected chi connectivity index (χ1v) is 19.1. The van der Waals surface area contributed by atoms with Gasteiger partial charge in [-0.25, -0.2) is 8.78 Å². The average Bonchev–Trinajstić information content (AvgIpc) is 3.61. The van der Waals surface area contributed by atoms with Crippen LogP contribution in [0.5, 0.6) is 0 Å². The van der Waals surface area contributed by atoms with Crippen LogP contribution in [0.25, 0.3) is 0 Å². The van der Waals surface area contributed by atoms with Gasteiger partial charge in [0.1, 0.15) is 11.6 Å². The normalized spacial score (nSPS) is 32.6. The van der Waals surface area contributed by atoms with Crippen LogP contribution >= 0.6 is 0 Å². The summed E-state index contributed by atoms with van der Waals surface area (Å²) in [5, 5.41) is 19.4. The Labute approximate surface area is 302 Å². The van der Waals surface area contributed by atoms with Gasteiger partial charge in [-0.1, -0.05) is 7.43 Å². The Morgan fingerprint density at radius 1 is 0.529 bits per heavy atom. The number of carbonyl (C=O) groups is 2. The predicted octanol–water partition coefficient (Wildman–Crippen LogP) is 6.53. The average molecular weight is 709 g/mol. The van der Waals surface area contributed by atoms with Crippen LogP contribution in [0.3, 0.4) is 0 Å². The Morgan fingerprint density at radius 2 is 0.882 bits per heavy atom. The molecule has 2 aromatic rings. The molecule has 0 aromatic heterocycles. The molecule has 6 fully saturated rings. The van der Waals surface area contributed by atoms with Crippen molar-refractivity contribution in [2.24, 2.45) is 10.8 Å². The molecular weight excluding hydrogens is 650 g/mol. The molecule has 2 saturated carbocycles. The van der Waals surface area contributed by atoms with Crippen molar-refractivity contribution in [3.63, 3.8) is 0 Å². The summed E-state index contributed by atoms with van der Waals surface area (Å²) in [6, 6.07) is 13.8. The molecule has 2 N–H and O–H groups in total. The molecule has 0 unspecified atom stereocenters. The van der Waals surface area contributed by atoms with E-state index in [0.717, 1.165) is 141 Å². The number of rotatable bonds is 4. The third-order valence-corrected chi connectivity index (χ3v) is 12.8. The standard InChI is InChI=1S/2C20H27FN2O2.CH4/c2*21-15-2-4-16(5-3-15)22-12-1-10-20(14-22)11-13-23(19(20)25)17-6-8-18(24)9-7-17;/h2*2-5,17-18,24H,1,6-14H2;1H4/t2*17?,18?,20-;/m00./s1. The van der Waals surface area contributed by atoms with Crippen molar-refractivity contribution in [3.8, 4) is 0 Å². The quantitative estimate of drug-likeness (QED) is 0.376. The Kier molecular flexibility index (Phi) is 11.6. The third-order valence-electron chi connectivity index (χ3n) is 12.8. The number of hydrogen-bond acceptors (Lipinski definition) is 6. The number of aliphatic hydroxyl groups excluding tert-OH is 2. The van der Waals surface area contributed by atoms with Gasteiger partial charge >= 0.3 is 0 Å². The van der Waals surface area contributed by atoms with Crippen molar-refractivity contribution in [3.05, 3.63) is 60.2 Å². The maximum atomic E-state index is 13.3. The molecule has 280 valence electrons. The van der Waals surface area contributed by atoms with Crippen molar-refractivity contribution in [2.75, 3.05) is 49.1 Å². The molecule has 6 aliphatic rings. The van der Waals surface area contributed by atoms with E-state index < -0.39 is 0 Å². The van der Waals surface area contributed by atoms with E-state index in [1.54, 1.807) is 0 Å². The highest BCUT2D eigenvalue weighted by molar-refractivity contribution is 5.87. The molecule has 2 aliphatic carbocycles. The van der Waals surface area contributed by atoms with Crippen LogP contribution in [0.1, 0.15) is 97.3 Å². The van der Waals surface area contributed by atoms with Crippen LogP contribution in [0.15, 0.2) is 48.5 Å². The zero-order valence-electron chi connectivity index (χ0n) is 29.3. The van der Waals surface area contributed by atoms with Gasteiger partial charge in [0.05, 0.1) is 23.0 Å². The van der Waals surface area contributed by atoms with Gasteiger partial charge in [-0.2, -0.15) is 0 Å². The summed E-state index contributed by atoms with van der Waals surface area (Å²) in [5.74, 6) is 0.164. The van der Waals surface area contributed by atoms with Crippen LogP contribution < -0.4 is 9.80 Å². The fraction of sp³-hybridized carbons (Fsp3) is 0.659. The minimum absolute atomic E-state index is 0. The Hall–Kier alpha value is -3.24. The molecule has 8 nitrogen and oxygen atoms in total. The zero-order chi connectivity index (χ0) is 34.9. The van der Waals surface area contributed by atoms with Gasteiger partial charge in [-0.05, 0) is 138 Å². The van der Waals surface area contributed by atoms with E-state index in [0.29, 0.717) is 23.9 Å². The van der Waals surface area contributed by atoms with Crippen molar-refractivity contribution < 1.29 is 28.6 Å². The van der Waals surface area contributed by atoms with Crippen LogP contribution in [0.4, 0.5) is 20.2 Å². The minimum atomic E-state index is -0.275. The summed E-state index contributed by atoms with van der Waals surface area (Å²) in [6.45, 7) is 5.02. The van der Waals surface area contributed by atoms with E-state index in [1.807, 2.05) is 24.3 Å². The minimum Gasteiger partial charge on any atom is -0.393 e. The number of hydrogen-bond donors (Lipinski definition) is 2. The molecule has 8 rings (SSSR count). The number of amides is 2. The Bertz CT molecular complexity index is 1370. The second kappa shape index (κ2) is 15.8. The van der Waals surface area contributed by atoms with Crippen LogP contribution in [-0.4, -0.2) is 95.4 Å². The number of halogens is 2. The predicted molar refractivity (Wildman–Crippen MR) is 196 cm³/mol. The summed E-state index contributed by atoms with van der Waals surface area (Å²) in [5.41, 5.74) is 1.46. The molecule has 0 radical (unpaired) electrons. The molecule has 2 amide bonds. The summed E-state index contributed by atoms with van der Waals surface area (Å²) >= 11 is 0. The number of likely N-dealkylation sites (tertiary alicyclic amines) is 2. The zero-order valence-corrected chi connectivity index (χ0v) is 29.3. The fourth-order valence-corrected chi connectivity index (χ4v) is 9.90. The first-order chi connectivity index (χ1) is 24.1. The number of aliphatic hydroxyl groups is 2. The lowest BCUT2D eigenvalue weighted by Gasteiger charge is -2.41. The number of anilines is 2. The lowest BCUT2D eigenvalue weighted by atomic mass is 9.78. The monoisotopic (exact) mass is 708 g/mol. The van der Waals surface area contributed by atoms with Gasteiger partial charge in [-0.15, -0.1) is 0 Å². The molecule has 4 saturated heterocycles. The van der Waals surface area contributed by atoms with E-state index in [2.05, 4.69) is 19.6 Å². The summed E-state index contributed by atoms with van der Waals surface area (Å²) in [7, 11) is 0. The molecule has 51 heavy (non-hydrogen) atoms. The maximum absolute atomic E-state index is 13.3. The fourth-order valence-electron chi connectivity index (χ4n) is 9.90. The Balaban J connectivity index is 0.000000172. The van der Waals surface area contributed by atoms with Crippen molar-refractivity contribution in [1.29, 1.82) is 0 Å². The first kappa shape index (κ1) is 37.5. The molecule has 10 heteroatoms. The van der Waals surface area contributed by atoms with E-state index in [9.17, 15) is 28.6 Å². The highest BCUT2D eigenvalue weighted by atomic mass is 19.1. The van der Waals surface area contributed by atoms with Gasteiger partial charge in [0, 0.05) is 62.7 Å². The smallest absolute Gasteiger partial charge is 0.230 e. The third kappa shape index (κ3) is 7.92. The molecular formula is C41H58F2N4O4. The SMILES string of the molecule is C.O=C1N(C2CCC(O)CC2)CC[C@]12CCCN(c1ccc(F)cc1)C2.O=C1N(C2CCC(O)CC2)CC[C@]12CCCN(c1ccc(F)cc1)C2. The molecule has 2 spiro atoms. The van der Waals surface area contributed by atoms with Gasteiger partial charge < -0.3 is 29.8 Å². The van der Waals surface area contributed by atoms with Crippen LogP contribution in [-0.2, 0) is 9.59 Å². The number of carbonyl (C=O) groups excluding carboxylic acids is 2. The molecule has 0 bridgehead atoms. The highest BCUT2D eigenvalue weighted by Crippen LogP contribution is 2.45. The van der Waals surface area contributed by atoms with E-state index in [-0.39, 0.29) is 42.1 Å². The lowest BCUT2D eigenvalue weighted by molar-refractivity contribution is -0.140. The highest BCUT2D eigenvalue weighted by Gasteiger charge is 2.52. The number of piperidine rings is 2. The van der Waals surface area contributed by atoms with Crippen LogP contribution in [0, 0.1) is 22.5 Å². The van der Waals surface area contributed by atoms with Gasteiger partial charge in [-0.3, -0.25) is 9.59 Å². The lowest BCUT2D eigenvalue weighted by Crippen LogP contribution is -2.50. The number of nitrogens with zero attached hydrogens (tertiary/aromatic N) is 4. The second-order valence-corrected chi connectivity index (χ2v) is 16.0. The van der Waals surface area contributed by atoms with Gasteiger partial charge in [0.15, 0.2) is 0 Å². The first-order valence-electron chi connectivity index (χ1n) is 19.1. The summed E-state index contributed by atoms with van der Waals surface area (Å²) < 4.78 is 26.4. The number of benzene rings is 2. The summed E-state index contributed by atoms with van der Waals surface area (Å²) in [4.78, 5) is 35.2. The van der Waals surface area contributed by atoms with Crippen molar-refractivity contribution in [2.45, 2.75) is 122 Å².